The van der Waals surface area contributed by atoms with Crippen molar-refractivity contribution in [2.24, 2.45) is 0 Å². The highest BCUT2D eigenvalue weighted by Crippen LogP contribution is 2.33. The summed E-state index contributed by atoms with van der Waals surface area (Å²) in [5, 5.41) is 10.7. The van der Waals surface area contributed by atoms with Gasteiger partial charge in [0.25, 0.3) is 0 Å². The van der Waals surface area contributed by atoms with Crippen LogP contribution in [0.15, 0.2) is 66.3 Å². The first-order chi connectivity index (χ1) is 13.3. The maximum atomic E-state index is 5.48. The lowest BCUT2D eigenvalue weighted by Crippen LogP contribution is -2.01. The molecule has 2 heterocycles. The molecule has 5 nitrogen and oxygen atoms in total. The molecule has 136 valence electrons. The summed E-state index contributed by atoms with van der Waals surface area (Å²) in [5.41, 5.74) is 1.96. The average molecular weight is 395 g/mol. The van der Waals surface area contributed by atoms with Crippen LogP contribution in [0.2, 0.25) is 0 Å². The van der Waals surface area contributed by atoms with Crippen LogP contribution in [0.1, 0.15) is 5.01 Å². The third-order valence-corrected chi connectivity index (χ3v) is 6.24. The zero-order valence-electron chi connectivity index (χ0n) is 14.8. The van der Waals surface area contributed by atoms with E-state index in [0.29, 0.717) is 6.54 Å². The molecule has 0 saturated carbocycles. The van der Waals surface area contributed by atoms with Crippen LogP contribution >= 0.6 is 23.1 Å². The minimum atomic E-state index is 0.628. The van der Waals surface area contributed by atoms with E-state index in [1.807, 2.05) is 48.5 Å². The van der Waals surface area contributed by atoms with Crippen LogP contribution in [0.5, 0.6) is 5.75 Å². The Labute approximate surface area is 165 Å². The molecule has 4 aromatic rings. The van der Waals surface area contributed by atoms with Gasteiger partial charge in [0.15, 0.2) is 11.0 Å². The summed E-state index contributed by atoms with van der Waals surface area (Å²) in [6, 6.07) is 16.0. The number of para-hydroxylation sites is 2. The van der Waals surface area contributed by atoms with E-state index < -0.39 is 0 Å². The molecule has 4 rings (SSSR count). The summed E-state index contributed by atoms with van der Waals surface area (Å²) in [6.07, 6.45) is 1.85. The van der Waals surface area contributed by atoms with Gasteiger partial charge in [-0.25, -0.2) is 4.98 Å². The van der Waals surface area contributed by atoms with Gasteiger partial charge >= 0.3 is 0 Å². The molecule has 0 aliphatic carbocycles. The van der Waals surface area contributed by atoms with Crippen molar-refractivity contribution in [1.29, 1.82) is 0 Å². The highest BCUT2D eigenvalue weighted by Gasteiger charge is 2.17. The summed E-state index contributed by atoms with van der Waals surface area (Å²) < 4.78 is 8.75. The zero-order valence-corrected chi connectivity index (χ0v) is 16.5. The Morgan fingerprint density at radius 2 is 1.96 bits per heavy atom. The summed E-state index contributed by atoms with van der Waals surface area (Å²) in [6.45, 7) is 4.50. The van der Waals surface area contributed by atoms with Gasteiger partial charge in [-0.1, -0.05) is 42.1 Å². The standard InChI is InChI=1S/C20H18N4OS2/c1-3-12-24-19(14-8-4-6-10-16(14)25-2)22-23-20(24)26-13-18-21-15-9-5-7-11-17(15)27-18/h3-11H,1,12-13H2,2H3. The van der Waals surface area contributed by atoms with E-state index in [2.05, 4.69) is 27.4 Å². The summed E-state index contributed by atoms with van der Waals surface area (Å²) in [5.74, 6) is 2.30. The molecule has 27 heavy (non-hydrogen) atoms. The molecule has 0 bridgehead atoms. The molecule has 0 N–H and O–H groups in total. The Morgan fingerprint density at radius 1 is 1.15 bits per heavy atom. The Morgan fingerprint density at radius 3 is 2.78 bits per heavy atom. The van der Waals surface area contributed by atoms with E-state index in [-0.39, 0.29) is 0 Å². The van der Waals surface area contributed by atoms with E-state index in [4.69, 9.17) is 9.72 Å². The van der Waals surface area contributed by atoms with Crippen molar-refractivity contribution in [2.75, 3.05) is 7.11 Å². The maximum Gasteiger partial charge on any atom is 0.192 e. The number of allylic oxidation sites excluding steroid dienone is 1. The molecule has 0 aliphatic heterocycles. The number of methoxy groups -OCH3 is 1. The number of thioether (sulfide) groups is 1. The molecule has 0 aliphatic rings. The lowest BCUT2D eigenvalue weighted by atomic mass is 10.2. The van der Waals surface area contributed by atoms with Crippen LogP contribution in [0, 0.1) is 0 Å². The number of thiazole rings is 1. The fourth-order valence-corrected chi connectivity index (χ4v) is 4.73. The molecular weight excluding hydrogens is 376 g/mol. The predicted molar refractivity (Wildman–Crippen MR) is 111 cm³/mol. The molecule has 0 fully saturated rings. The minimum absolute atomic E-state index is 0.628. The molecule has 2 aromatic carbocycles. The van der Waals surface area contributed by atoms with E-state index in [1.54, 1.807) is 30.2 Å². The smallest absolute Gasteiger partial charge is 0.192 e. The number of hydrogen-bond acceptors (Lipinski definition) is 6. The largest absolute Gasteiger partial charge is 0.496 e. The van der Waals surface area contributed by atoms with E-state index in [0.717, 1.165) is 38.6 Å². The fourth-order valence-electron chi connectivity index (χ4n) is 2.83. The van der Waals surface area contributed by atoms with E-state index >= 15 is 0 Å². The van der Waals surface area contributed by atoms with Gasteiger partial charge in [-0.15, -0.1) is 28.1 Å². The van der Waals surface area contributed by atoms with Gasteiger partial charge in [0.1, 0.15) is 10.8 Å². The van der Waals surface area contributed by atoms with Crippen molar-refractivity contribution in [3.05, 3.63) is 66.2 Å². The Hall–Kier alpha value is -2.64. The molecule has 2 aromatic heterocycles. The number of aromatic nitrogens is 4. The van der Waals surface area contributed by atoms with Crippen molar-refractivity contribution in [2.45, 2.75) is 17.5 Å². The third-order valence-electron chi connectivity index (χ3n) is 4.04. The van der Waals surface area contributed by atoms with Crippen LogP contribution in [-0.4, -0.2) is 26.9 Å². The Bertz CT molecular complexity index is 1050. The SMILES string of the molecule is C=CCn1c(SCc2nc3ccccc3s2)nnc1-c1ccccc1OC. The van der Waals surface area contributed by atoms with Crippen molar-refractivity contribution in [3.63, 3.8) is 0 Å². The summed E-state index contributed by atoms with van der Waals surface area (Å²) in [7, 11) is 1.66. The lowest BCUT2D eigenvalue weighted by Gasteiger charge is -2.10. The van der Waals surface area contributed by atoms with Gasteiger partial charge in [-0.2, -0.15) is 0 Å². The van der Waals surface area contributed by atoms with Crippen LogP contribution in [0.4, 0.5) is 0 Å². The second-order valence-corrected chi connectivity index (χ2v) is 7.83. The van der Waals surface area contributed by atoms with Gasteiger partial charge in [0.2, 0.25) is 0 Å². The molecule has 0 spiro atoms. The van der Waals surface area contributed by atoms with Crippen molar-refractivity contribution >= 4 is 33.3 Å². The van der Waals surface area contributed by atoms with Crippen LogP contribution in [0.3, 0.4) is 0 Å². The fraction of sp³-hybridized carbons (Fsp3) is 0.150. The molecule has 0 atom stereocenters. The maximum absolute atomic E-state index is 5.48. The first-order valence-electron chi connectivity index (χ1n) is 8.45. The van der Waals surface area contributed by atoms with Crippen molar-refractivity contribution in [1.82, 2.24) is 19.7 Å². The Balaban J connectivity index is 1.63. The number of rotatable bonds is 7. The van der Waals surface area contributed by atoms with Gasteiger partial charge in [0, 0.05) is 6.54 Å². The minimum Gasteiger partial charge on any atom is -0.496 e. The van der Waals surface area contributed by atoms with Crippen LogP contribution in [-0.2, 0) is 12.3 Å². The summed E-state index contributed by atoms with van der Waals surface area (Å²) >= 11 is 3.35. The van der Waals surface area contributed by atoms with Gasteiger partial charge in [-0.05, 0) is 24.3 Å². The summed E-state index contributed by atoms with van der Waals surface area (Å²) in [4.78, 5) is 4.70. The molecule has 0 radical (unpaired) electrons. The first kappa shape index (κ1) is 17.8. The van der Waals surface area contributed by atoms with Crippen LogP contribution in [0.25, 0.3) is 21.6 Å². The second kappa shape index (κ2) is 7.94. The van der Waals surface area contributed by atoms with Gasteiger partial charge in [0.05, 0.1) is 28.6 Å². The number of ether oxygens (including phenoxy) is 1. The average Bonchev–Trinajstić information content (AvgIpc) is 3.30. The second-order valence-electron chi connectivity index (χ2n) is 5.77. The van der Waals surface area contributed by atoms with Crippen molar-refractivity contribution < 1.29 is 4.74 Å². The first-order valence-corrected chi connectivity index (χ1v) is 10.2. The number of benzene rings is 2. The molecule has 7 heteroatoms. The highest BCUT2D eigenvalue weighted by atomic mass is 32.2. The monoisotopic (exact) mass is 394 g/mol. The van der Waals surface area contributed by atoms with Gasteiger partial charge in [-0.3, -0.25) is 4.57 Å². The van der Waals surface area contributed by atoms with Crippen molar-refractivity contribution in [3.8, 4) is 17.1 Å². The number of hydrogen-bond donors (Lipinski definition) is 0. The quantitative estimate of drug-likeness (QED) is 0.325. The zero-order chi connectivity index (χ0) is 18.6. The number of fused-ring (bicyclic) bond motifs is 1. The Kier molecular flexibility index (Phi) is 5.22. The lowest BCUT2D eigenvalue weighted by molar-refractivity contribution is 0.416. The normalized spacial score (nSPS) is 11.0. The molecule has 0 amide bonds. The number of nitrogens with zero attached hydrogens (tertiary/aromatic N) is 4. The van der Waals surface area contributed by atoms with Crippen LogP contribution < -0.4 is 4.74 Å². The highest BCUT2D eigenvalue weighted by molar-refractivity contribution is 7.98. The topological polar surface area (TPSA) is 52.8 Å². The molecule has 0 unspecified atom stereocenters. The van der Waals surface area contributed by atoms with Gasteiger partial charge < -0.3 is 4.74 Å². The van der Waals surface area contributed by atoms with E-state index in [9.17, 15) is 0 Å². The predicted octanol–water partition coefficient (Wildman–Crippen LogP) is 5.04. The third kappa shape index (κ3) is 3.61. The molecule has 0 saturated heterocycles. The molecular formula is C20H18N4OS2. The van der Waals surface area contributed by atoms with E-state index in [1.165, 1.54) is 4.70 Å².